The van der Waals surface area contributed by atoms with Crippen molar-refractivity contribution in [2.45, 2.75) is 26.3 Å². The van der Waals surface area contributed by atoms with E-state index in [1.807, 2.05) is 6.92 Å². The van der Waals surface area contributed by atoms with Crippen LogP contribution in [0.1, 0.15) is 31.9 Å². The quantitative estimate of drug-likeness (QED) is 0.773. The molecule has 0 radical (unpaired) electrons. The molecule has 1 aromatic carbocycles. The number of carbonyl (C=O) groups excluding carboxylic acids is 1. The van der Waals surface area contributed by atoms with Gasteiger partial charge in [0.05, 0.1) is 0 Å². The second-order valence-electron chi connectivity index (χ2n) is 4.75. The van der Waals surface area contributed by atoms with Crippen molar-refractivity contribution >= 4 is 11.9 Å². The molecule has 1 aromatic rings. The van der Waals surface area contributed by atoms with Gasteiger partial charge in [-0.2, -0.15) is 0 Å². The van der Waals surface area contributed by atoms with Gasteiger partial charge in [0, 0.05) is 5.92 Å². The van der Waals surface area contributed by atoms with Crippen molar-refractivity contribution in [1.82, 2.24) is 5.32 Å². The summed E-state index contributed by atoms with van der Waals surface area (Å²) in [5, 5.41) is 11.8. The van der Waals surface area contributed by atoms with Crippen molar-refractivity contribution in [1.29, 1.82) is 0 Å². The molecule has 19 heavy (non-hydrogen) atoms. The molecule has 4 nitrogen and oxygen atoms in total. The molecule has 0 aliphatic heterocycles. The van der Waals surface area contributed by atoms with E-state index in [4.69, 9.17) is 0 Å². The van der Waals surface area contributed by atoms with E-state index in [0.717, 1.165) is 5.57 Å². The molecule has 0 spiro atoms. The number of amides is 1. The van der Waals surface area contributed by atoms with E-state index in [2.05, 4.69) is 11.9 Å². The molecule has 0 saturated carbocycles. The smallest absolute Gasteiger partial charge is 0.330 e. The molecule has 0 aromatic heterocycles. The third-order valence-corrected chi connectivity index (χ3v) is 2.77. The van der Waals surface area contributed by atoms with Crippen LogP contribution in [0.15, 0.2) is 42.5 Å². The first-order chi connectivity index (χ1) is 8.91. The zero-order valence-corrected chi connectivity index (χ0v) is 11.2. The van der Waals surface area contributed by atoms with E-state index >= 15 is 0 Å². The van der Waals surface area contributed by atoms with E-state index in [9.17, 15) is 14.7 Å². The predicted octanol–water partition coefficient (Wildman–Crippen LogP) is 2.53. The highest BCUT2D eigenvalue weighted by molar-refractivity contribution is 5.85. The standard InChI is InChI=1S/C15H19NO3/c1-10(2)9-11(3)14(17)16-13(15(18)19)12-7-5-4-6-8-12/h4-8,11,13H,1,9H2,2-3H3,(H,16,17)(H,18,19). The first-order valence-electron chi connectivity index (χ1n) is 6.14. The van der Waals surface area contributed by atoms with Gasteiger partial charge in [-0.1, -0.05) is 42.8 Å². The highest BCUT2D eigenvalue weighted by Gasteiger charge is 2.24. The molecule has 2 atom stereocenters. The maximum atomic E-state index is 12.0. The summed E-state index contributed by atoms with van der Waals surface area (Å²) in [6, 6.07) is 7.64. The highest BCUT2D eigenvalue weighted by atomic mass is 16.4. The third kappa shape index (κ3) is 4.58. The summed E-state index contributed by atoms with van der Waals surface area (Å²) in [6.45, 7) is 7.35. The topological polar surface area (TPSA) is 66.4 Å². The molecule has 1 amide bonds. The molecule has 0 bridgehead atoms. The zero-order chi connectivity index (χ0) is 14.4. The summed E-state index contributed by atoms with van der Waals surface area (Å²) in [6.07, 6.45) is 0.549. The van der Waals surface area contributed by atoms with Crippen molar-refractivity contribution in [3.8, 4) is 0 Å². The lowest BCUT2D eigenvalue weighted by molar-refractivity contribution is -0.142. The van der Waals surface area contributed by atoms with Gasteiger partial charge in [-0.05, 0) is 18.9 Å². The number of nitrogens with one attached hydrogen (secondary N) is 1. The fourth-order valence-corrected chi connectivity index (χ4v) is 1.83. The zero-order valence-electron chi connectivity index (χ0n) is 11.2. The lowest BCUT2D eigenvalue weighted by Gasteiger charge is -2.18. The molecule has 0 aliphatic rings. The van der Waals surface area contributed by atoms with Gasteiger partial charge in [0.2, 0.25) is 5.91 Å². The number of carboxylic acids is 1. The summed E-state index contributed by atoms with van der Waals surface area (Å²) in [5.41, 5.74) is 1.46. The van der Waals surface area contributed by atoms with Gasteiger partial charge in [0.15, 0.2) is 6.04 Å². The molecule has 2 unspecified atom stereocenters. The van der Waals surface area contributed by atoms with Crippen LogP contribution in [0.2, 0.25) is 0 Å². The van der Waals surface area contributed by atoms with Crippen LogP contribution in [-0.2, 0) is 9.59 Å². The summed E-state index contributed by atoms with van der Waals surface area (Å²) >= 11 is 0. The van der Waals surface area contributed by atoms with Gasteiger partial charge in [-0.15, -0.1) is 6.58 Å². The summed E-state index contributed by atoms with van der Waals surface area (Å²) < 4.78 is 0. The number of allylic oxidation sites excluding steroid dienone is 1. The lowest BCUT2D eigenvalue weighted by atomic mass is 10.0. The Hall–Kier alpha value is -2.10. The maximum absolute atomic E-state index is 12.0. The van der Waals surface area contributed by atoms with Gasteiger partial charge in [-0.25, -0.2) is 4.79 Å². The molecule has 4 heteroatoms. The number of carboxylic acid groups (broad SMARTS) is 1. The van der Waals surface area contributed by atoms with Crippen LogP contribution in [0, 0.1) is 5.92 Å². The van der Waals surface area contributed by atoms with Crippen LogP contribution >= 0.6 is 0 Å². The molecule has 0 fully saturated rings. The Balaban J connectivity index is 2.78. The van der Waals surface area contributed by atoms with E-state index in [-0.39, 0.29) is 11.8 Å². The van der Waals surface area contributed by atoms with Crippen LogP contribution in [0.4, 0.5) is 0 Å². The third-order valence-electron chi connectivity index (χ3n) is 2.77. The van der Waals surface area contributed by atoms with Crippen LogP contribution < -0.4 is 5.32 Å². The van der Waals surface area contributed by atoms with Crippen LogP contribution in [0.3, 0.4) is 0 Å². The summed E-state index contributed by atoms with van der Waals surface area (Å²) in [7, 11) is 0. The fraction of sp³-hybridized carbons (Fsp3) is 0.333. The molecule has 0 saturated heterocycles. The van der Waals surface area contributed by atoms with Crippen molar-refractivity contribution in [2.75, 3.05) is 0 Å². The van der Waals surface area contributed by atoms with E-state index in [0.29, 0.717) is 12.0 Å². The largest absolute Gasteiger partial charge is 0.479 e. The lowest BCUT2D eigenvalue weighted by Crippen LogP contribution is -2.37. The Morgan fingerprint density at radius 2 is 1.89 bits per heavy atom. The molecule has 2 N–H and O–H groups in total. The van der Waals surface area contributed by atoms with Gasteiger partial charge in [-0.3, -0.25) is 4.79 Å². The minimum Gasteiger partial charge on any atom is -0.479 e. The predicted molar refractivity (Wildman–Crippen MR) is 73.6 cm³/mol. The second kappa shape index (κ2) is 6.73. The number of hydrogen-bond acceptors (Lipinski definition) is 2. The van der Waals surface area contributed by atoms with Crippen molar-refractivity contribution in [3.63, 3.8) is 0 Å². The highest BCUT2D eigenvalue weighted by Crippen LogP contribution is 2.15. The van der Waals surface area contributed by atoms with E-state index in [1.165, 1.54) is 0 Å². The SMILES string of the molecule is C=C(C)CC(C)C(=O)NC(C(=O)O)c1ccccc1. The first kappa shape index (κ1) is 15.0. The molecular formula is C15H19NO3. The number of benzene rings is 1. The Morgan fingerprint density at radius 1 is 1.32 bits per heavy atom. The van der Waals surface area contributed by atoms with Gasteiger partial charge in [0.25, 0.3) is 0 Å². The summed E-state index contributed by atoms with van der Waals surface area (Å²) in [4.78, 5) is 23.2. The maximum Gasteiger partial charge on any atom is 0.330 e. The van der Waals surface area contributed by atoms with Crippen molar-refractivity contribution < 1.29 is 14.7 Å². The molecular weight excluding hydrogens is 242 g/mol. The average molecular weight is 261 g/mol. The van der Waals surface area contributed by atoms with Gasteiger partial charge < -0.3 is 10.4 Å². The van der Waals surface area contributed by atoms with Crippen LogP contribution in [0.5, 0.6) is 0 Å². The Kier molecular flexibility index (Phi) is 5.30. The van der Waals surface area contributed by atoms with Gasteiger partial charge >= 0.3 is 5.97 Å². The minimum atomic E-state index is -1.07. The number of rotatable bonds is 6. The van der Waals surface area contributed by atoms with Crippen molar-refractivity contribution in [2.24, 2.45) is 5.92 Å². The monoisotopic (exact) mass is 261 g/mol. The molecule has 0 aliphatic carbocycles. The summed E-state index contributed by atoms with van der Waals surface area (Å²) in [5.74, 6) is -1.63. The Bertz CT molecular complexity index is 468. The fourth-order valence-electron chi connectivity index (χ4n) is 1.83. The average Bonchev–Trinajstić information content (AvgIpc) is 2.35. The van der Waals surface area contributed by atoms with E-state index < -0.39 is 12.0 Å². The molecule has 102 valence electrons. The molecule has 1 rings (SSSR count). The number of carbonyl (C=O) groups is 2. The van der Waals surface area contributed by atoms with Crippen LogP contribution in [0.25, 0.3) is 0 Å². The van der Waals surface area contributed by atoms with E-state index in [1.54, 1.807) is 37.3 Å². The van der Waals surface area contributed by atoms with Crippen molar-refractivity contribution in [3.05, 3.63) is 48.0 Å². The Labute approximate surface area is 113 Å². The second-order valence-corrected chi connectivity index (χ2v) is 4.75. The Morgan fingerprint density at radius 3 is 2.37 bits per heavy atom. The van der Waals surface area contributed by atoms with Gasteiger partial charge in [0.1, 0.15) is 0 Å². The van der Waals surface area contributed by atoms with Crippen LogP contribution in [-0.4, -0.2) is 17.0 Å². The number of hydrogen-bond donors (Lipinski definition) is 2. The normalized spacial score (nSPS) is 13.4. The first-order valence-corrected chi connectivity index (χ1v) is 6.14. The number of aliphatic carboxylic acids is 1. The molecule has 0 heterocycles. The minimum absolute atomic E-state index is 0.278.